The summed E-state index contributed by atoms with van der Waals surface area (Å²) < 4.78 is 1.47. The molecule has 2 aliphatic rings. The Labute approximate surface area is 134 Å². The van der Waals surface area contributed by atoms with Crippen LogP contribution in [0.3, 0.4) is 0 Å². The van der Waals surface area contributed by atoms with Gasteiger partial charge in [0.2, 0.25) is 5.91 Å². The van der Waals surface area contributed by atoms with Crippen LogP contribution in [0, 0.1) is 5.92 Å². The third kappa shape index (κ3) is 3.29. The number of hydrogen-bond acceptors (Lipinski definition) is 5. The van der Waals surface area contributed by atoms with E-state index in [1.165, 1.54) is 4.57 Å². The molecule has 3 rings (SSSR count). The van der Waals surface area contributed by atoms with E-state index in [4.69, 9.17) is 0 Å². The van der Waals surface area contributed by atoms with E-state index in [2.05, 4.69) is 9.88 Å². The number of nitrogens with zero attached hydrogens (tertiary/aromatic N) is 4. The number of anilines is 1. The van der Waals surface area contributed by atoms with Crippen LogP contribution in [0.4, 0.5) is 5.82 Å². The number of aromatic nitrogens is 2. The Morgan fingerprint density at radius 1 is 1.23 bits per heavy atom. The number of amides is 1. The van der Waals surface area contributed by atoms with E-state index in [9.17, 15) is 9.59 Å². The zero-order valence-corrected chi connectivity index (χ0v) is 13.7. The van der Waals surface area contributed by atoms with E-state index < -0.39 is 0 Å². The summed E-state index contributed by atoms with van der Waals surface area (Å²) in [5, 5.41) is 0. The molecule has 0 unspecified atom stereocenters. The molecule has 0 atom stereocenters. The van der Waals surface area contributed by atoms with Gasteiger partial charge in [-0.1, -0.05) is 0 Å². The molecule has 0 radical (unpaired) electrons. The minimum Gasteiger partial charge on any atom is -0.356 e. The third-order valence-corrected chi connectivity index (χ3v) is 5.40. The zero-order valence-electron chi connectivity index (χ0n) is 12.9. The van der Waals surface area contributed by atoms with Crippen molar-refractivity contribution in [3.8, 4) is 0 Å². The average Bonchev–Trinajstić information content (AvgIpc) is 2.58. The first-order chi connectivity index (χ1) is 10.6. The summed E-state index contributed by atoms with van der Waals surface area (Å²) in [5.74, 6) is 3.29. The zero-order chi connectivity index (χ0) is 15.5. The maximum atomic E-state index is 12.5. The molecule has 7 heteroatoms. The number of carbonyl (C=O) groups is 1. The average molecular weight is 322 g/mol. The van der Waals surface area contributed by atoms with Gasteiger partial charge in [0.1, 0.15) is 5.82 Å². The van der Waals surface area contributed by atoms with Crippen LogP contribution in [0.1, 0.15) is 12.8 Å². The van der Waals surface area contributed by atoms with E-state index in [1.54, 1.807) is 19.4 Å². The van der Waals surface area contributed by atoms with Crippen molar-refractivity contribution >= 4 is 23.5 Å². The lowest BCUT2D eigenvalue weighted by atomic mass is 9.95. The van der Waals surface area contributed by atoms with Gasteiger partial charge in [-0.15, -0.1) is 0 Å². The van der Waals surface area contributed by atoms with Crippen LogP contribution < -0.4 is 10.5 Å². The van der Waals surface area contributed by atoms with Gasteiger partial charge in [0.05, 0.1) is 6.33 Å². The van der Waals surface area contributed by atoms with Gasteiger partial charge in [0.15, 0.2) is 0 Å². The van der Waals surface area contributed by atoms with Gasteiger partial charge >= 0.3 is 0 Å². The molecule has 1 aromatic heterocycles. The van der Waals surface area contributed by atoms with Gasteiger partial charge in [-0.25, -0.2) is 4.98 Å². The number of piperidine rings is 1. The first kappa shape index (κ1) is 15.4. The summed E-state index contributed by atoms with van der Waals surface area (Å²) in [6.07, 6.45) is 3.25. The van der Waals surface area contributed by atoms with Gasteiger partial charge < -0.3 is 14.4 Å². The van der Waals surface area contributed by atoms with Crippen LogP contribution in [0.2, 0.25) is 0 Å². The molecule has 120 valence electrons. The van der Waals surface area contributed by atoms with Gasteiger partial charge in [-0.3, -0.25) is 9.59 Å². The van der Waals surface area contributed by atoms with Crippen molar-refractivity contribution in [2.24, 2.45) is 13.0 Å². The lowest BCUT2D eigenvalue weighted by Gasteiger charge is -2.35. The highest BCUT2D eigenvalue weighted by atomic mass is 32.2. The first-order valence-corrected chi connectivity index (χ1v) is 8.95. The molecule has 2 fully saturated rings. The summed E-state index contributed by atoms with van der Waals surface area (Å²) in [6.45, 7) is 3.36. The Kier molecular flexibility index (Phi) is 4.71. The highest BCUT2D eigenvalue weighted by Crippen LogP contribution is 2.23. The Morgan fingerprint density at radius 3 is 2.55 bits per heavy atom. The fourth-order valence-electron chi connectivity index (χ4n) is 3.02. The number of rotatable bonds is 2. The molecular formula is C15H22N4O2S. The lowest BCUT2D eigenvalue weighted by molar-refractivity contribution is -0.135. The number of aryl methyl sites for hydroxylation is 1. The minimum absolute atomic E-state index is 0.0472. The Hall–Kier alpha value is -1.50. The van der Waals surface area contributed by atoms with E-state index in [0.717, 1.165) is 56.3 Å². The summed E-state index contributed by atoms with van der Waals surface area (Å²) in [6, 6.07) is 1.57. The molecular weight excluding hydrogens is 300 g/mol. The molecule has 2 aliphatic heterocycles. The normalized spacial score (nSPS) is 20.2. The molecule has 3 heterocycles. The Bertz CT molecular complexity index is 589. The maximum absolute atomic E-state index is 12.5. The molecule has 1 aromatic rings. The smallest absolute Gasteiger partial charge is 0.255 e. The quantitative estimate of drug-likeness (QED) is 0.797. The molecule has 1 amide bonds. The second kappa shape index (κ2) is 6.73. The summed E-state index contributed by atoms with van der Waals surface area (Å²) in [7, 11) is 1.70. The number of carbonyl (C=O) groups excluding carboxylic acids is 1. The van der Waals surface area contributed by atoms with Crippen LogP contribution in [0.25, 0.3) is 0 Å². The molecule has 0 aliphatic carbocycles. The van der Waals surface area contributed by atoms with Crippen molar-refractivity contribution in [1.82, 2.24) is 14.5 Å². The second-order valence-electron chi connectivity index (χ2n) is 5.90. The SMILES string of the molecule is Cn1cnc(N2CCC(C(=O)N3CCSCC3)CC2)cc1=O. The van der Waals surface area contributed by atoms with Crippen molar-refractivity contribution < 1.29 is 4.79 Å². The minimum atomic E-state index is -0.0472. The fourth-order valence-corrected chi connectivity index (χ4v) is 3.93. The highest BCUT2D eigenvalue weighted by Gasteiger charge is 2.29. The van der Waals surface area contributed by atoms with Crippen LogP contribution in [-0.4, -0.2) is 58.0 Å². The van der Waals surface area contributed by atoms with Crippen molar-refractivity contribution in [3.63, 3.8) is 0 Å². The highest BCUT2D eigenvalue weighted by molar-refractivity contribution is 7.99. The lowest BCUT2D eigenvalue weighted by Crippen LogP contribution is -2.45. The Morgan fingerprint density at radius 2 is 1.91 bits per heavy atom. The number of hydrogen-bond donors (Lipinski definition) is 0. The van der Waals surface area contributed by atoms with E-state index in [0.29, 0.717) is 5.91 Å². The number of thioether (sulfide) groups is 1. The van der Waals surface area contributed by atoms with E-state index in [1.807, 2.05) is 16.7 Å². The molecule has 2 saturated heterocycles. The van der Waals surface area contributed by atoms with Gasteiger partial charge in [-0.05, 0) is 12.8 Å². The van der Waals surface area contributed by atoms with Crippen LogP contribution in [0.15, 0.2) is 17.2 Å². The summed E-state index contributed by atoms with van der Waals surface area (Å²) >= 11 is 1.92. The predicted molar refractivity (Wildman–Crippen MR) is 88.3 cm³/mol. The van der Waals surface area contributed by atoms with Crippen molar-refractivity contribution in [2.75, 3.05) is 42.6 Å². The second-order valence-corrected chi connectivity index (χ2v) is 7.12. The van der Waals surface area contributed by atoms with E-state index in [-0.39, 0.29) is 11.5 Å². The maximum Gasteiger partial charge on any atom is 0.255 e. The summed E-state index contributed by atoms with van der Waals surface area (Å²) in [4.78, 5) is 32.7. The first-order valence-electron chi connectivity index (χ1n) is 7.79. The molecule has 6 nitrogen and oxygen atoms in total. The van der Waals surface area contributed by atoms with Crippen molar-refractivity contribution in [3.05, 3.63) is 22.7 Å². The molecule has 0 spiro atoms. The van der Waals surface area contributed by atoms with Crippen molar-refractivity contribution in [1.29, 1.82) is 0 Å². The third-order valence-electron chi connectivity index (χ3n) is 4.45. The standard InChI is InChI=1S/C15H22N4O2S/c1-17-11-16-13(10-14(17)20)18-4-2-12(3-5-18)15(21)19-6-8-22-9-7-19/h10-12H,2-9H2,1H3. The van der Waals surface area contributed by atoms with Crippen molar-refractivity contribution in [2.45, 2.75) is 12.8 Å². The summed E-state index contributed by atoms with van der Waals surface area (Å²) in [5.41, 5.74) is -0.0472. The van der Waals surface area contributed by atoms with Gasteiger partial charge in [0.25, 0.3) is 5.56 Å². The van der Waals surface area contributed by atoms with Crippen LogP contribution in [0.5, 0.6) is 0 Å². The van der Waals surface area contributed by atoms with E-state index >= 15 is 0 Å². The predicted octanol–water partition coefficient (Wildman–Crippen LogP) is 0.572. The fraction of sp³-hybridized carbons (Fsp3) is 0.667. The topological polar surface area (TPSA) is 58.4 Å². The molecule has 0 aromatic carbocycles. The molecule has 0 saturated carbocycles. The molecule has 0 bridgehead atoms. The monoisotopic (exact) mass is 322 g/mol. The van der Waals surface area contributed by atoms with Crippen LogP contribution >= 0.6 is 11.8 Å². The van der Waals surface area contributed by atoms with Gasteiger partial charge in [-0.2, -0.15) is 11.8 Å². The molecule has 22 heavy (non-hydrogen) atoms. The van der Waals surface area contributed by atoms with Gasteiger partial charge in [0, 0.05) is 56.7 Å². The molecule has 0 N–H and O–H groups in total. The largest absolute Gasteiger partial charge is 0.356 e. The Balaban J connectivity index is 1.58. The van der Waals surface area contributed by atoms with Crippen LogP contribution in [-0.2, 0) is 11.8 Å².